The van der Waals surface area contributed by atoms with Crippen LogP contribution in [0.5, 0.6) is 0 Å². The van der Waals surface area contributed by atoms with E-state index in [4.69, 9.17) is 5.11 Å². The first kappa shape index (κ1) is 14.8. The third-order valence-corrected chi connectivity index (χ3v) is 4.80. The van der Waals surface area contributed by atoms with Crippen LogP contribution in [-0.2, 0) is 4.79 Å². The molecule has 0 unspecified atom stereocenters. The molecular formula is C15H28N2O2. The van der Waals surface area contributed by atoms with Crippen molar-refractivity contribution >= 4 is 5.91 Å². The van der Waals surface area contributed by atoms with Gasteiger partial charge in [-0.25, -0.2) is 0 Å². The number of β-amino-alcohol motifs (C(OH)–C–C–N with tert-alkyl or cyclic N) is 1. The second kappa shape index (κ2) is 6.71. The summed E-state index contributed by atoms with van der Waals surface area (Å²) in [5.74, 6) is 0.373. The van der Waals surface area contributed by atoms with Gasteiger partial charge in [-0.2, -0.15) is 0 Å². The summed E-state index contributed by atoms with van der Waals surface area (Å²) in [7, 11) is 0. The minimum atomic E-state index is -0.115. The van der Waals surface area contributed by atoms with E-state index in [0.717, 1.165) is 45.6 Å². The molecule has 1 heterocycles. The smallest absolute Gasteiger partial charge is 0.228 e. The minimum Gasteiger partial charge on any atom is -0.395 e. The van der Waals surface area contributed by atoms with Crippen LogP contribution >= 0.6 is 0 Å². The van der Waals surface area contributed by atoms with Crippen LogP contribution in [0.25, 0.3) is 0 Å². The zero-order valence-electron chi connectivity index (χ0n) is 12.2. The molecule has 0 aromatic heterocycles. The molecule has 0 radical (unpaired) electrons. The number of hydrogen-bond donors (Lipinski definition) is 1. The van der Waals surface area contributed by atoms with Crippen molar-refractivity contribution in [2.24, 2.45) is 5.41 Å². The standard InChI is InChI=1S/C15H28N2O2/c1-15(6-4-2-3-5-7-15)14(19)17-10-8-16(9-11-17)12-13-18/h18H,2-13H2,1H3. The number of piperazine rings is 1. The van der Waals surface area contributed by atoms with Crippen molar-refractivity contribution in [3.05, 3.63) is 0 Å². The van der Waals surface area contributed by atoms with Gasteiger partial charge >= 0.3 is 0 Å². The fourth-order valence-electron chi connectivity index (χ4n) is 3.42. The molecule has 1 aliphatic heterocycles. The lowest BCUT2D eigenvalue weighted by molar-refractivity contribution is -0.144. The topological polar surface area (TPSA) is 43.8 Å². The highest BCUT2D eigenvalue weighted by Gasteiger charge is 2.37. The van der Waals surface area contributed by atoms with Crippen LogP contribution in [0.2, 0.25) is 0 Å². The summed E-state index contributed by atoms with van der Waals surface area (Å²) >= 11 is 0. The molecule has 2 rings (SSSR count). The highest BCUT2D eigenvalue weighted by atomic mass is 16.3. The Morgan fingerprint density at radius 2 is 1.63 bits per heavy atom. The molecule has 0 atom stereocenters. The molecule has 1 amide bonds. The van der Waals surface area contributed by atoms with E-state index >= 15 is 0 Å². The molecule has 1 aliphatic carbocycles. The van der Waals surface area contributed by atoms with Crippen molar-refractivity contribution in [1.29, 1.82) is 0 Å². The van der Waals surface area contributed by atoms with Crippen molar-refractivity contribution in [2.75, 3.05) is 39.3 Å². The fraction of sp³-hybridized carbons (Fsp3) is 0.933. The number of carbonyl (C=O) groups is 1. The molecule has 0 aromatic carbocycles. The van der Waals surface area contributed by atoms with Gasteiger partial charge in [-0.1, -0.05) is 32.6 Å². The van der Waals surface area contributed by atoms with E-state index in [2.05, 4.69) is 16.7 Å². The van der Waals surface area contributed by atoms with Gasteiger partial charge in [-0.15, -0.1) is 0 Å². The normalized spacial score (nSPS) is 25.1. The molecule has 1 saturated carbocycles. The highest BCUT2D eigenvalue weighted by molar-refractivity contribution is 5.82. The number of nitrogens with zero attached hydrogens (tertiary/aromatic N) is 2. The second-order valence-corrected chi connectivity index (χ2v) is 6.33. The molecule has 1 N–H and O–H groups in total. The largest absolute Gasteiger partial charge is 0.395 e. The monoisotopic (exact) mass is 268 g/mol. The average molecular weight is 268 g/mol. The molecule has 0 bridgehead atoms. The molecule has 1 saturated heterocycles. The van der Waals surface area contributed by atoms with E-state index in [1.807, 2.05) is 0 Å². The van der Waals surface area contributed by atoms with Crippen molar-refractivity contribution in [3.8, 4) is 0 Å². The Morgan fingerprint density at radius 3 is 2.16 bits per heavy atom. The number of carbonyl (C=O) groups excluding carboxylic acids is 1. The zero-order chi connectivity index (χ0) is 13.7. The number of amides is 1. The molecule has 2 fully saturated rings. The van der Waals surface area contributed by atoms with Gasteiger partial charge in [0.15, 0.2) is 0 Å². The summed E-state index contributed by atoms with van der Waals surface area (Å²) in [6.07, 6.45) is 7.09. The predicted molar refractivity (Wildman–Crippen MR) is 75.9 cm³/mol. The van der Waals surface area contributed by atoms with Gasteiger partial charge in [0.2, 0.25) is 5.91 Å². The summed E-state index contributed by atoms with van der Waals surface area (Å²) in [6, 6.07) is 0. The van der Waals surface area contributed by atoms with E-state index in [9.17, 15) is 4.79 Å². The minimum absolute atomic E-state index is 0.115. The molecule has 2 aliphatic rings. The van der Waals surface area contributed by atoms with Gasteiger partial charge in [0.05, 0.1) is 6.61 Å². The first-order chi connectivity index (χ1) is 9.15. The van der Waals surface area contributed by atoms with Gasteiger partial charge in [0.1, 0.15) is 0 Å². The van der Waals surface area contributed by atoms with Crippen LogP contribution in [0.15, 0.2) is 0 Å². The molecule has 0 spiro atoms. The number of rotatable bonds is 3. The third-order valence-electron chi connectivity index (χ3n) is 4.80. The quantitative estimate of drug-likeness (QED) is 0.789. The number of aliphatic hydroxyl groups is 1. The van der Waals surface area contributed by atoms with Crippen LogP contribution in [-0.4, -0.2) is 60.1 Å². The fourth-order valence-corrected chi connectivity index (χ4v) is 3.42. The summed E-state index contributed by atoms with van der Waals surface area (Å²) < 4.78 is 0. The van der Waals surface area contributed by atoms with Crippen molar-refractivity contribution in [3.63, 3.8) is 0 Å². The van der Waals surface area contributed by atoms with Gasteiger partial charge in [-0.05, 0) is 12.8 Å². The van der Waals surface area contributed by atoms with E-state index < -0.39 is 0 Å². The van der Waals surface area contributed by atoms with Crippen LogP contribution in [0.3, 0.4) is 0 Å². The van der Waals surface area contributed by atoms with Crippen molar-refractivity contribution in [1.82, 2.24) is 9.80 Å². The Morgan fingerprint density at radius 1 is 1.05 bits per heavy atom. The maximum atomic E-state index is 12.8. The lowest BCUT2D eigenvalue weighted by atomic mass is 9.81. The highest BCUT2D eigenvalue weighted by Crippen LogP contribution is 2.36. The van der Waals surface area contributed by atoms with Crippen LogP contribution in [0.1, 0.15) is 45.4 Å². The summed E-state index contributed by atoms with van der Waals surface area (Å²) in [6.45, 7) is 6.58. The maximum absolute atomic E-state index is 12.8. The van der Waals surface area contributed by atoms with E-state index in [0.29, 0.717) is 5.91 Å². The summed E-state index contributed by atoms with van der Waals surface area (Å²) in [5, 5.41) is 8.95. The number of hydrogen-bond acceptors (Lipinski definition) is 3. The van der Waals surface area contributed by atoms with E-state index in [1.165, 1.54) is 25.7 Å². The first-order valence-electron chi connectivity index (χ1n) is 7.78. The first-order valence-corrected chi connectivity index (χ1v) is 7.78. The molecule has 19 heavy (non-hydrogen) atoms. The SMILES string of the molecule is CC1(C(=O)N2CCN(CCO)CC2)CCCCCC1. The predicted octanol–water partition coefficient (Wildman–Crippen LogP) is 1.48. The van der Waals surface area contributed by atoms with E-state index in [-0.39, 0.29) is 12.0 Å². The van der Waals surface area contributed by atoms with Crippen LogP contribution in [0, 0.1) is 5.41 Å². The molecular weight excluding hydrogens is 240 g/mol. The molecule has 4 nitrogen and oxygen atoms in total. The Hall–Kier alpha value is -0.610. The maximum Gasteiger partial charge on any atom is 0.228 e. The van der Waals surface area contributed by atoms with Crippen molar-refractivity contribution < 1.29 is 9.90 Å². The van der Waals surface area contributed by atoms with Crippen LogP contribution in [0.4, 0.5) is 0 Å². The Labute approximate surface area is 116 Å². The van der Waals surface area contributed by atoms with Gasteiger partial charge in [0.25, 0.3) is 0 Å². The van der Waals surface area contributed by atoms with Gasteiger partial charge in [0, 0.05) is 38.1 Å². The van der Waals surface area contributed by atoms with Gasteiger partial charge in [-0.3, -0.25) is 9.69 Å². The summed E-state index contributed by atoms with van der Waals surface area (Å²) in [5.41, 5.74) is -0.115. The number of aliphatic hydroxyl groups excluding tert-OH is 1. The van der Waals surface area contributed by atoms with Crippen LogP contribution < -0.4 is 0 Å². The lowest BCUT2D eigenvalue weighted by Crippen LogP contribution is -2.53. The zero-order valence-corrected chi connectivity index (χ0v) is 12.2. The van der Waals surface area contributed by atoms with Gasteiger partial charge < -0.3 is 10.0 Å². The van der Waals surface area contributed by atoms with Crippen molar-refractivity contribution in [2.45, 2.75) is 45.4 Å². The molecule has 0 aromatic rings. The Kier molecular flexibility index (Phi) is 5.22. The molecule has 110 valence electrons. The Balaban J connectivity index is 1.89. The summed E-state index contributed by atoms with van der Waals surface area (Å²) in [4.78, 5) is 17.0. The van der Waals surface area contributed by atoms with E-state index in [1.54, 1.807) is 0 Å². The third kappa shape index (κ3) is 3.69. The average Bonchev–Trinajstić information content (AvgIpc) is 2.65. The second-order valence-electron chi connectivity index (χ2n) is 6.33. The lowest BCUT2D eigenvalue weighted by Gasteiger charge is -2.39. The molecule has 4 heteroatoms. The Bertz CT molecular complexity index is 291.